The van der Waals surface area contributed by atoms with Crippen molar-refractivity contribution in [3.8, 4) is 5.75 Å². The highest BCUT2D eigenvalue weighted by atomic mass is 32.1. The third-order valence-corrected chi connectivity index (χ3v) is 5.22. The topological polar surface area (TPSA) is 251 Å². The number of hydrogen-bond donors (Lipinski definition) is 9. The molecule has 0 spiro atoms. The summed E-state index contributed by atoms with van der Waals surface area (Å²) in [6.45, 7) is 0. The Morgan fingerprint density at radius 2 is 1.39 bits per heavy atom. The third-order valence-electron chi connectivity index (χ3n) is 4.85. The number of phenols is 1. The minimum atomic E-state index is -1.44. The standard InChI is InChI=1S/C21H29N5O9S/c22-12(8-17(29)30)18(31)26-15(9-36)20(33)24-13(5-6-16(23)28)19(32)25-14(21(34)35)7-10-1-3-11(27)4-2-10/h1-4,12-15,27,36H,5-9,22H2,(H2,23,28)(H,24,33)(H,25,32)(H,26,31)(H,29,30)(H,34,35). The van der Waals surface area contributed by atoms with Crippen molar-refractivity contribution in [3.63, 3.8) is 0 Å². The monoisotopic (exact) mass is 527 g/mol. The summed E-state index contributed by atoms with van der Waals surface area (Å²) >= 11 is 3.97. The van der Waals surface area contributed by atoms with E-state index in [1.165, 1.54) is 24.3 Å². The van der Waals surface area contributed by atoms with Crippen LogP contribution in [0.25, 0.3) is 0 Å². The average Bonchev–Trinajstić information content (AvgIpc) is 2.79. The van der Waals surface area contributed by atoms with Gasteiger partial charge in [0.2, 0.25) is 23.6 Å². The van der Waals surface area contributed by atoms with Crippen LogP contribution in [0.1, 0.15) is 24.8 Å². The molecule has 4 atom stereocenters. The fourth-order valence-corrected chi connectivity index (χ4v) is 3.18. The van der Waals surface area contributed by atoms with Gasteiger partial charge in [0.05, 0.1) is 12.5 Å². The van der Waals surface area contributed by atoms with Crippen molar-refractivity contribution in [2.75, 3.05) is 5.75 Å². The predicted octanol–water partition coefficient (Wildman–Crippen LogP) is -2.53. The van der Waals surface area contributed by atoms with Gasteiger partial charge in [0.1, 0.15) is 23.9 Å². The number of rotatable bonds is 15. The van der Waals surface area contributed by atoms with Crippen molar-refractivity contribution in [2.24, 2.45) is 11.5 Å². The quantitative estimate of drug-likeness (QED) is 0.108. The van der Waals surface area contributed by atoms with Gasteiger partial charge in [0.25, 0.3) is 0 Å². The Balaban J connectivity index is 2.95. The number of nitrogens with one attached hydrogen (secondary N) is 3. The Morgan fingerprint density at radius 3 is 1.89 bits per heavy atom. The Labute approximate surface area is 211 Å². The molecule has 0 saturated carbocycles. The zero-order valence-corrected chi connectivity index (χ0v) is 19.9. The van der Waals surface area contributed by atoms with Crippen molar-refractivity contribution in [3.05, 3.63) is 29.8 Å². The third kappa shape index (κ3) is 10.6. The van der Waals surface area contributed by atoms with Gasteiger partial charge in [-0.3, -0.25) is 24.0 Å². The van der Waals surface area contributed by atoms with Gasteiger partial charge in [-0.25, -0.2) is 4.79 Å². The summed E-state index contributed by atoms with van der Waals surface area (Å²) in [5.74, 6) is -6.53. The molecule has 10 N–H and O–H groups in total. The van der Waals surface area contributed by atoms with E-state index in [0.29, 0.717) is 5.56 Å². The molecular weight excluding hydrogens is 498 g/mol. The molecule has 1 aromatic rings. The second-order valence-electron chi connectivity index (χ2n) is 7.78. The maximum Gasteiger partial charge on any atom is 0.326 e. The molecule has 1 rings (SSSR count). The number of benzene rings is 1. The molecule has 0 aromatic heterocycles. The van der Waals surface area contributed by atoms with Crippen molar-refractivity contribution < 1.29 is 44.1 Å². The van der Waals surface area contributed by atoms with Gasteiger partial charge in [-0.2, -0.15) is 12.6 Å². The van der Waals surface area contributed by atoms with Crippen LogP contribution in [-0.4, -0.2) is 80.8 Å². The number of carbonyl (C=O) groups excluding carboxylic acids is 4. The Hall–Kier alpha value is -3.85. The van der Waals surface area contributed by atoms with Crippen LogP contribution in [0.2, 0.25) is 0 Å². The summed E-state index contributed by atoms with van der Waals surface area (Å²) in [5, 5.41) is 34.5. The van der Waals surface area contributed by atoms with E-state index in [-0.39, 0.29) is 30.8 Å². The molecule has 1 aromatic carbocycles. The van der Waals surface area contributed by atoms with Gasteiger partial charge in [-0.05, 0) is 24.1 Å². The molecule has 0 fully saturated rings. The number of nitrogens with two attached hydrogens (primary N) is 2. The lowest BCUT2D eigenvalue weighted by Crippen LogP contribution is -2.58. The van der Waals surface area contributed by atoms with Crippen LogP contribution in [0.4, 0.5) is 0 Å². The Kier molecular flexibility index (Phi) is 12.2. The molecule has 4 amide bonds. The first-order valence-electron chi connectivity index (χ1n) is 10.6. The number of carboxylic acid groups (broad SMARTS) is 2. The number of primary amides is 1. The zero-order valence-electron chi connectivity index (χ0n) is 19.0. The fourth-order valence-electron chi connectivity index (χ4n) is 2.92. The summed E-state index contributed by atoms with van der Waals surface area (Å²) in [6, 6.07) is 0.0562. The van der Waals surface area contributed by atoms with E-state index in [9.17, 15) is 39.0 Å². The minimum Gasteiger partial charge on any atom is -0.508 e. The summed E-state index contributed by atoms with van der Waals surface area (Å²) in [5.41, 5.74) is 11.1. The summed E-state index contributed by atoms with van der Waals surface area (Å²) in [7, 11) is 0. The van der Waals surface area contributed by atoms with Crippen LogP contribution >= 0.6 is 12.6 Å². The van der Waals surface area contributed by atoms with Crippen molar-refractivity contribution in [2.45, 2.75) is 49.9 Å². The molecule has 0 heterocycles. The fraction of sp³-hybridized carbons (Fsp3) is 0.429. The molecule has 0 radical (unpaired) electrons. The molecule has 36 heavy (non-hydrogen) atoms. The Bertz CT molecular complexity index is 973. The Morgan fingerprint density at radius 1 is 0.861 bits per heavy atom. The molecule has 0 bridgehead atoms. The highest BCUT2D eigenvalue weighted by molar-refractivity contribution is 7.80. The number of hydrogen-bond acceptors (Lipinski definition) is 9. The SMILES string of the molecule is NC(=O)CCC(NC(=O)C(CS)NC(=O)C(N)CC(=O)O)C(=O)NC(Cc1ccc(O)cc1)C(=O)O. The van der Waals surface area contributed by atoms with Crippen molar-refractivity contribution >= 4 is 48.2 Å². The van der Waals surface area contributed by atoms with Gasteiger partial charge >= 0.3 is 11.9 Å². The predicted molar refractivity (Wildman–Crippen MR) is 128 cm³/mol. The van der Waals surface area contributed by atoms with E-state index < -0.39 is 66.2 Å². The number of phenolic OH excluding ortho intramolecular Hbond substituents is 1. The van der Waals surface area contributed by atoms with E-state index in [1.54, 1.807) is 0 Å². The smallest absolute Gasteiger partial charge is 0.326 e. The molecule has 198 valence electrons. The lowest BCUT2D eigenvalue weighted by Gasteiger charge is -2.24. The highest BCUT2D eigenvalue weighted by Crippen LogP contribution is 2.12. The van der Waals surface area contributed by atoms with E-state index in [2.05, 4.69) is 28.6 Å². The van der Waals surface area contributed by atoms with Crippen LogP contribution in [0.5, 0.6) is 5.75 Å². The first-order chi connectivity index (χ1) is 16.8. The molecular formula is C21H29N5O9S. The van der Waals surface area contributed by atoms with E-state index >= 15 is 0 Å². The second kappa shape index (κ2) is 14.5. The molecule has 4 unspecified atom stereocenters. The van der Waals surface area contributed by atoms with Gasteiger partial charge in [0.15, 0.2) is 0 Å². The van der Waals surface area contributed by atoms with Gasteiger partial charge in [-0.15, -0.1) is 0 Å². The van der Waals surface area contributed by atoms with E-state index in [0.717, 1.165) is 0 Å². The molecule has 0 aliphatic rings. The number of aliphatic carboxylic acids is 2. The molecule has 0 saturated heterocycles. The average molecular weight is 528 g/mol. The zero-order chi connectivity index (χ0) is 27.4. The first kappa shape index (κ1) is 30.2. The van der Waals surface area contributed by atoms with Crippen molar-refractivity contribution in [1.29, 1.82) is 0 Å². The molecule has 14 nitrogen and oxygen atoms in total. The van der Waals surface area contributed by atoms with Crippen LogP contribution in [0, 0.1) is 0 Å². The number of aromatic hydroxyl groups is 1. The van der Waals surface area contributed by atoms with E-state index in [1.807, 2.05) is 0 Å². The normalized spacial score (nSPS) is 13.9. The lowest BCUT2D eigenvalue weighted by molar-refractivity contribution is -0.142. The number of amides is 4. The van der Waals surface area contributed by atoms with Crippen molar-refractivity contribution in [1.82, 2.24) is 16.0 Å². The number of thiol groups is 1. The largest absolute Gasteiger partial charge is 0.508 e. The second-order valence-corrected chi connectivity index (χ2v) is 8.15. The minimum absolute atomic E-state index is 0.0290. The first-order valence-corrected chi connectivity index (χ1v) is 11.3. The molecule has 0 aliphatic carbocycles. The number of carbonyl (C=O) groups is 6. The maximum atomic E-state index is 12.8. The molecule has 15 heteroatoms. The van der Waals surface area contributed by atoms with Gasteiger partial charge in [0, 0.05) is 18.6 Å². The van der Waals surface area contributed by atoms with Crippen LogP contribution in [0.15, 0.2) is 24.3 Å². The highest BCUT2D eigenvalue weighted by Gasteiger charge is 2.30. The summed E-state index contributed by atoms with van der Waals surface area (Å²) in [6.07, 6.45) is -1.43. The van der Waals surface area contributed by atoms with E-state index in [4.69, 9.17) is 16.6 Å². The summed E-state index contributed by atoms with van der Waals surface area (Å²) in [4.78, 5) is 71.3. The van der Waals surface area contributed by atoms with Gasteiger partial charge in [-0.1, -0.05) is 12.1 Å². The van der Waals surface area contributed by atoms with Crippen LogP contribution < -0.4 is 27.4 Å². The van der Waals surface area contributed by atoms with Crippen LogP contribution in [-0.2, 0) is 35.2 Å². The summed E-state index contributed by atoms with van der Waals surface area (Å²) < 4.78 is 0. The lowest BCUT2D eigenvalue weighted by atomic mass is 10.0. The van der Waals surface area contributed by atoms with Gasteiger partial charge < -0.3 is 42.7 Å². The van der Waals surface area contributed by atoms with Crippen LogP contribution in [0.3, 0.4) is 0 Å². The molecule has 0 aliphatic heterocycles. The maximum absolute atomic E-state index is 12.8. The number of carboxylic acids is 2.